The van der Waals surface area contributed by atoms with E-state index in [-0.39, 0.29) is 29.3 Å². The number of esters is 1. The number of fused-ring (bicyclic) bond motifs is 2. The lowest BCUT2D eigenvalue weighted by Gasteiger charge is -2.28. The summed E-state index contributed by atoms with van der Waals surface area (Å²) < 4.78 is 24.2. The smallest absolute Gasteiger partial charge is 0.373 e. The van der Waals surface area contributed by atoms with Gasteiger partial charge in [0, 0.05) is 146 Å². The van der Waals surface area contributed by atoms with Crippen LogP contribution in [0.2, 0.25) is 0 Å². The third-order valence-electron chi connectivity index (χ3n) is 23.3. The van der Waals surface area contributed by atoms with Crippen molar-refractivity contribution >= 4 is 80.2 Å². The molecule has 1 saturated heterocycles. The first kappa shape index (κ1) is 85.5. The zero-order chi connectivity index (χ0) is 87.2. The Hall–Kier alpha value is -14.5. The van der Waals surface area contributed by atoms with Gasteiger partial charge in [-0.3, -0.25) is 38.9 Å². The van der Waals surface area contributed by atoms with Gasteiger partial charge in [-0.15, -0.1) is 11.3 Å². The Morgan fingerprint density at radius 3 is 1.94 bits per heavy atom. The number of nitrogens with zero attached hydrogens (tertiary/aromatic N) is 12. The summed E-state index contributed by atoms with van der Waals surface area (Å²) in [6.07, 6.45) is 27.7. The number of rotatable bonds is 18. The fraction of sp³-hybridized carbons (Fsp3) is 0.228. The summed E-state index contributed by atoms with van der Waals surface area (Å²) in [5.74, 6) is 0.157. The van der Waals surface area contributed by atoms with Crippen molar-refractivity contribution in [3.63, 3.8) is 0 Å². The Balaban J connectivity index is 0.000000131. The molecule has 4 aromatic carbocycles. The summed E-state index contributed by atoms with van der Waals surface area (Å²) in [6, 6.07) is 58.7. The Labute approximate surface area is 727 Å². The minimum Gasteiger partial charge on any atom is -0.478 e. The monoisotopic (exact) mass is 1680 g/mol. The second kappa shape index (κ2) is 39.2. The first-order valence-corrected chi connectivity index (χ1v) is 42.6. The topological polar surface area (TPSA) is 283 Å². The molecule has 11 aromatic heterocycles. The lowest BCUT2D eigenvalue weighted by atomic mass is 9.83. The van der Waals surface area contributed by atoms with Gasteiger partial charge in [0.25, 0.3) is 0 Å². The van der Waals surface area contributed by atoms with Crippen molar-refractivity contribution in [1.82, 2.24) is 58.1 Å². The number of nitrogens with one attached hydrogen (secondary N) is 1. The number of allylic oxidation sites excluding steroid dienone is 3. The summed E-state index contributed by atoms with van der Waals surface area (Å²) in [5.41, 5.74) is 29.6. The maximum atomic E-state index is 13.7. The van der Waals surface area contributed by atoms with Gasteiger partial charge in [-0.2, -0.15) is 9.59 Å². The van der Waals surface area contributed by atoms with E-state index in [1.807, 2.05) is 134 Å². The number of H-pyrrole nitrogens is 1. The highest BCUT2D eigenvalue weighted by molar-refractivity contribution is 7.15. The van der Waals surface area contributed by atoms with Gasteiger partial charge in [-0.25, -0.2) is 24.4 Å². The van der Waals surface area contributed by atoms with E-state index in [2.05, 4.69) is 155 Å². The summed E-state index contributed by atoms with van der Waals surface area (Å²) in [6.45, 7) is 16.3. The van der Waals surface area contributed by atoms with E-state index >= 15 is 0 Å². The van der Waals surface area contributed by atoms with E-state index in [0.29, 0.717) is 63.8 Å². The van der Waals surface area contributed by atoms with Gasteiger partial charge in [0.2, 0.25) is 5.91 Å². The van der Waals surface area contributed by atoms with E-state index < -0.39 is 5.97 Å². The molecule has 0 bridgehead atoms. The van der Waals surface area contributed by atoms with Gasteiger partial charge in [0.05, 0.1) is 92.6 Å². The molecule has 0 radical (unpaired) electrons. The third kappa shape index (κ3) is 18.7. The van der Waals surface area contributed by atoms with Crippen LogP contribution in [0.5, 0.6) is 0 Å². The van der Waals surface area contributed by atoms with Gasteiger partial charge in [-0.05, 0) is 255 Å². The number of carbonyl (C=O) groups is 3. The van der Waals surface area contributed by atoms with Crippen LogP contribution in [0.4, 0.5) is 0 Å². The van der Waals surface area contributed by atoms with Crippen molar-refractivity contribution < 1.29 is 43.0 Å². The molecule has 630 valence electrons. The number of carboxylic acids is 1. The van der Waals surface area contributed by atoms with Crippen LogP contribution in [0.15, 0.2) is 263 Å². The number of pyridine rings is 5. The molecule has 2 aliphatic carbocycles. The fourth-order valence-electron chi connectivity index (χ4n) is 17.2. The molecule has 0 unspecified atom stereocenters. The Morgan fingerprint density at radius 2 is 1.30 bits per heavy atom. The van der Waals surface area contributed by atoms with Crippen LogP contribution < -0.4 is 5.69 Å². The van der Waals surface area contributed by atoms with Crippen LogP contribution >= 0.6 is 11.3 Å². The third-order valence-corrected chi connectivity index (χ3v) is 24.4. The first-order valence-electron chi connectivity index (χ1n) is 41.8. The number of morpholine rings is 1. The highest BCUT2D eigenvalue weighted by Crippen LogP contribution is 2.47. The van der Waals surface area contributed by atoms with Gasteiger partial charge in [0.1, 0.15) is 6.54 Å². The summed E-state index contributed by atoms with van der Waals surface area (Å²) in [4.78, 5) is 103. The number of hydrogen-bond donors (Lipinski definition) is 2. The normalized spacial score (nSPS) is 13.7. The number of aliphatic imine (C=N–C) groups is 1. The minimum atomic E-state index is -0.937. The number of ether oxygens (including phenoxy) is 2. The first-order chi connectivity index (χ1) is 60.9. The lowest BCUT2D eigenvalue weighted by Crippen LogP contribution is -2.42. The number of thiazole rings is 1. The summed E-state index contributed by atoms with van der Waals surface area (Å²) in [5, 5.41) is 11.3. The Bertz CT molecular complexity index is 6650. The van der Waals surface area contributed by atoms with Gasteiger partial charge in [-0.1, -0.05) is 73.4 Å². The van der Waals surface area contributed by atoms with Gasteiger partial charge >= 0.3 is 23.8 Å². The van der Waals surface area contributed by atoms with Crippen molar-refractivity contribution in [3.05, 3.63) is 304 Å². The number of benzene rings is 4. The van der Waals surface area contributed by atoms with Crippen molar-refractivity contribution in [1.29, 1.82) is 0 Å². The predicted octanol–water partition coefficient (Wildman–Crippen LogP) is 20.5. The number of aromatic nitrogens is 11. The lowest BCUT2D eigenvalue weighted by molar-refractivity contribution is -0.191. The number of aromatic amines is 1. The molecule has 2 fully saturated rings. The van der Waals surface area contributed by atoms with Crippen LogP contribution in [-0.4, -0.2) is 127 Å². The number of aryl methyl sites for hydroxylation is 5. The summed E-state index contributed by atoms with van der Waals surface area (Å²) >= 11 is 1.69. The SMILES string of the molecule is CCn1c(=O)n(CC)c2cc(-c3cc(-c4cccnc4)[nH]c3-c3cccc(C)c3)ccc21.COC(=O)C1=C(c2ccncc2)CC(c2ccncc2)=C1C.Cc1nc(C)c(-c2ccc3cc(-c4c(C5CCCCC5)cc(C5=CN=CC5)n4CC(=O)N4CCOCC4)ccc3n2)s1.Cn1c(-c2ccncc2)cc(-c2ccc(C(=O)O)cc2)c1-c1ccco1.O=C=O. The zero-order valence-electron chi connectivity index (χ0n) is 71.0. The number of furan rings is 1. The van der Waals surface area contributed by atoms with Gasteiger partial charge in [0.15, 0.2) is 5.76 Å². The number of carbonyl (C=O) groups excluding carboxylic acids is 4. The largest absolute Gasteiger partial charge is 0.478 e. The molecule has 4 aliphatic rings. The van der Waals surface area contributed by atoms with Crippen molar-refractivity contribution in [2.75, 3.05) is 33.4 Å². The molecule has 15 aromatic rings. The Kier molecular flexibility index (Phi) is 26.8. The maximum Gasteiger partial charge on any atom is 0.373 e. The van der Waals surface area contributed by atoms with E-state index in [1.54, 1.807) is 73.1 Å². The molecular weight excluding hydrogens is 1590 g/mol. The molecule has 23 nitrogen and oxygen atoms in total. The second-order valence-electron chi connectivity index (χ2n) is 30.9. The standard InChI is InChI=1S/C34H37N5O2S.C27H26N4O.C21H16N2O3.C18H16N2O2.CO2/c1-22-34(42-23(2)36-22)30-11-8-25-18-26(9-10-29(25)37-30)33-28(24-6-4-3-5-7-24)19-31(27-12-13-35-20-27)39(33)21-32(40)38-14-16-41-17-15-38;1-4-30-24-12-11-19(15-25(24)31(5-2)27(30)32)22-16-23(21-10-7-13-28-17-21)29-26(22)20-9-6-8-18(3)14-20;1-23-18(15-8-10-22-11-9-15)13-17(20(23)19-3-2-12-26-19)14-4-6-16(7-5-14)21(24)25;1-12-15(13-3-7-19-8-4-13)11-16(17(12)18(21)22-2)14-5-9-20-10-6-14;2-1-3/h8-11,13,18-20,24H,3-7,12,14-17,21H2,1-2H3;6-17,29H,4-5H2,1-3H3;2-13H,1H3,(H,24,25);3-10H,11H2,1-2H3;. The molecule has 19 rings (SSSR count). The average molecular weight is 1680 g/mol. The molecule has 0 atom stereocenters. The van der Waals surface area contributed by atoms with Crippen molar-refractivity contribution in [2.45, 2.75) is 112 Å². The molecule has 1 saturated carbocycles. The van der Waals surface area contributed by atoms with E-state index in [1.165, 1.54) is 61.6 Å². The summed E-state index contributed by atoms with van der Waals surface area (Å²) in [7, 11) is 3.40. The van der Waals surface area contributed by atoms with Gasteiger partial charge < -0.3 is 38.0 Å². The molecule has 2 aliphatic heterocycles. The molecule has 13 heterocycles. The average Bonchev–Trinajstić information content (AvgIpc) is 1.63. The van der Waals surface area contributed by atoms with E-state index in [0.717, 1.165) is 156 Å². The van der Waals surface area contributed by atoms with Crippen LogP contribution in [0.1, 0.15) is 121 Å². The van der Waals surface area contributed by atoms with Crippen LogP contribution in [0, 0.1) is 20.8 Å². The van der Waals surface area contributed by atoms with Crippen LogP contribution in [0.25, 0.3) is 128 Å². The number of methoxy groups -OCH3 is 1. The fourth-order valence-corrected chi connectivity index (χ4v) is 18.1. The highest BCUT2D eigenvalue weighted by atomic mass is 32.1. The van der Waals surface area contributed by atoms with Crippen molar-refractivity contribution in [2.24, 2.45) is 12.0 Å². The molecule has 125 heavy (non-hydrogen) atoms. The maximum absolute atomic E-state index is 13.7. The molecule has 0 spiro atoms. The molecule has 1 amide bonds. The molecule has 2 N–H and O–H groups in total. The number of carboxylic acid groups (broad SMARTS) is 1. The van der Waals surface area contributed by atoms with Crippen LogP contribution in [0.3, 0.4) is 0 Å². The second-order valence-corrected chi connectivity index (χ2v) is 32.1. The Morgan fingerprint density at radius 1 is 0.624 bits per heavy atom. The number of hydrogen-bond acceptors (Lipinski definition) is 17. The molecular formula is C101H95N13O10S. The quantitative estimate of drug-likeness (QED) is 0.0755. The number of imidazole rings is 1. The van der Waals surface area contributed by atoms with Crippen LogP contribution in [-0.2, 0) is 55.3 Å². The van der Waals surface area contributed by atoms with E-state index in [9.17, 15) is 19.2 Å². The highest BCUT2D eigenvalue weighted by Gasteiger charge is 2.32. The van der Waals surface area contributed by atoms with Crippen molar-refractivity contribution in [3.8, 4) is 89.3 Å². The molecule has 24 heteroatoms. The minimum absolute atomic E-state index is 0.0474. The van der Waals surface area contributed by atoms with E-state index in [4.69, 9.17) is 33.6 Å². The predicted molar refractivity (Wildman–Crippen MR) is 489 cm³/mol. The number of aromatic carboxylic acids is 1. The number of amides is 1. The zero-order valence-corrected chi connectivity index (χ0v) is 71.8.